The second kappa shape index (κ2) is 6.29. The molecule has 0 N–H and O–H groups in total. The molecule has 2 nitrogen and oxygen atoms in total. The molecule has 0 saturated carbocycles. The van der Waals surface area contributed by atoms with E-state index in [1.807, 2.05) is 12.1 Å². The van der Waals surface area contributed by atoms with Crippen molar-refractivity contribution in [3.8, 4) is 11.1 Å². The zero-order valence-corrected chi connectivity index (χ0v) is 11.8. The minimum atomic E-state index is -0.137. The van der Waals surface area contributed by atoms with E-state index in [4.69, 9.17) is 0 Å². The highest BCUT2D eigenvalue weighted by Gasteiger charge is 2.05. The highest BCUT2D eigenvalue weighted by molar-refractivity contribution is 6.02. The van der Waals surface area contributed by atoms with Gasteiger partial charge in [-0.3, -0.25) is 4.79 Å². The summed E-state index contributed by atoms with van der Waals surface area (Å²) in [6.45, 7) is 4.34. The quantitative estimate of drug-likeness (QED) is 0.460. The molecule has 0 unspecified atom stereocenters. The van der Waals surface area contributed by atoms with Crippen LogP contribution >= 0.6 is 0 Å². The molecule has 0 aliphatic heterocycles. The van der Waals surface area contributed by atoms with Gasteiger partial charge in [-0.2, -0.15) is 0 Å². The summed E-state index contributed by atoms with van der Waals surface area (Å²) >= 11 is 0. The molecule has 2 aromatic carbocycles. The molecule has 2 heteroatoms. The van der Waals surface area contributed by atoms with Gasteiger partial charge in [0.1, 0.15) is 6.29 Å². The maximum absolute atomic E-state index is 11.6. The van der Waals surface area contributed by atoms with E-state index in [-0.39, 0.29) is 12.2 Å². The van der Waals surface area contributed by atoms with Gasteiger partial charge in [-0.05, 0) is 22.6 Å². The molecule has 0 heterocycles. The SMILES string of the molecule is CC(C)c1ccc(-c2ccc(C(=O)CC=O)cc2)cc1. The zero-order chi connectivity index (χ0) is 14.5. The molecule has 0 spiro atoms. The molecule has 0 aliphatic rings. The predicted molar refractivity (Wildman–Crippen MR) is 81.0 cm³/mol. The van der Waals surface area contributed by atoms with E-state index >= 15 is 0 Å². The van der Waals surface area contributed by atoms with Crippen LogP contribution in [-0.2, 0) is 4.79 Å². The van der Waals surface area contributed by atoms with Gasteiger partial charge >= 0.3 is 0 Å². The number of carbonyl (C=O) groups excluding carboxylic acids is 2. The minimum absolute atomic E-state index is 0.0531. The van der Waals surface area contributed by atoms with E-state index in [1.54, 1.807) is 12.1 Å². The van der Waals surface area contributed by atoms with Crippen LogP contribution in [0, 0.1) is 0 Å². The number of hydrogen-bond donors (Lipinski definition) is 0. The lowest BCUT2D eigenvalue weighted by molar-refractivity contribution is -0.107. The van der Waals surface area contributed by atoms with Gasteiger partial charge < -0.3 is 4.79 Å². The first-order valence-corrected chi connectivity index (χ1v) is 6.79. The number of aldehydes is 1. The number of benzene rings is 2. The molecule has 0 aromatic heterocycles. The van der Waals surface area contributed by atoms with Crippen LogP contribution in [0.15, 0.2) is 48.5 Å². The molecule has 102 valence electrons. The Hall–Kier alpha value is -2.22. The topological polar surface area (TPSA) is 34.1 Å². The lowest BCUT2D eigenvalue weighted by atomic mass is 9.97. The van der Waals surface area contributed by atoms with Crippen molar-refractivity contribution in [1.82, 2.24) is 0 Å². The summed E-state index contributed by atoms with van der Waals surface area (Å²) < 4.78 is 0. The van der Waals surface area contributed by atoms with Crippen LogP contribution < -0.4 is 0 Å². The summed E-state index contributed by atoms with van der Waals surface area (Å²) in [5.74, 6) is 0.383. The second-order valence-corrected chi connectivity index (χ2v) is 5.15. The molecule has 2 rings (SSSR count). The molecule has 0 atom stereocenters. The Balaban J connectivity index is 2.21. The molecular formula is C18H18O2. The van der Waals surface area contributed by atoms with Crippen LogP contribution in [0.5, 0.6) is 0 Å². The van der Waals surface area contributed by atoms with E-state index in [0.29, 0.717) is 17.8 Å². The summed E-state index contributed by atoms with van der Waals surface area (Å²) in [4.78, 5) is 21.9. The smallest absolute Gasteiger partial charge is 0.169 e. The summed E-state index contributed by atoms with van der Waals surface area (Å²) in [6.07, 6.45) is 0.587. The van der Waals surface area contributed by atoms with E-state index < -0.39 is 0 Å². The first kappa shape index (κ1) is 14.2. The molecule has 0 radical (unpaired) electrons. The Morgan fingerprint density at radius 3 is 1.90 bits per heavy atom. The molecular weight excluding hydrogens is 248 g/mol. The largest absolute Gasteiger partial charge is 0.303 e. The third-order valence-corrected chi connectivity index (χ3v) is 3.39. The molecule has 0 fully saturated rings. The molecule has 0 amide bonds. The van der Waals surface area contributed by atoms with E-state index in [2.05, 4.69) is 38.1 Å². The fourth-order valence-corrected chi connectivity index (χ4v) is 2.10. The van der Waals surface area contributed by atoms with Crippen LogP contribution in [0.3, 0.4) is 0 Å². The van der Waals surface area contributed by atoms with Crippen molar-refractivity contribution in [1.29, 1.82) is 0 Å². The Kier molecular flexibility index (Phi) is 4.46. The maximum Gasteiger partial charge on any atom is 0.169 e. The Labute approximate surface area is 119 Å². The lowest BCUT2D eigenvalue weighted by Gasteiger charge is -2.07. The molecule has 20 heavy (non-hydrogen) atoms. The zero-order valence-electron chi connectivity index (χ0n) is 11.8. The highest BCUT2D eigenvalue weighted by Crippen LogP contribution is 2.23. The third kappa shape index (κ3) is 3.21. The fraction of sp³-hybridized carbons (Fsp3) is 0.222. The van der Waals surface area contributed by atoms with Crippen LogP contribution in [0.4, 0.5) is 0 Å². The summed E-state index contributed by atoms with van der Waals surface area (Å²) in [5, 5.41) is 0. The van der Waals surface area contributed by atoms with Gasteiger partial charge in [-0.1, -0.05) is 62.4 Å². The third-order valence-electron chi connectivity index (χ3n) is 3.39. The van der Waals surface area contributed by atoms with Gasteiger partial charge in [-0.25, -0.2) is 0 Å². The molecule has 0 bridgehead atoms. The van der Waals surface area contributed by atoms with Crippen molar-refractivity contribution in [3.63, 3.8) is 0 Å². The van der Waals surface area contributed by atoms with Crippen molar-refractivity contribution in [3.05, 3.63) is 59.7 Å². The Morgan fingerprint density at radius 2 is 1.45 bits per heavy atom. The summed E-state index contributed by atoms with van der Waals surface area (Å²) in [6, 6.07) is 15.8. The lowest BCUT2D eigenvalue weighted by Crippen LogP contribution is -1.98. The number of ketones is 1. The molecule has 0 aliphatic carbocycles. The molecule has 0 saturated heterocycles. The van der Waals surface area contributed by atoms with Crippen LogP contribution in [-0.4, -0.2) is 12.1 Å². The number of rotatable bonds is 5. The minimum Gasteiger partial charge on any atom is -0.303 e. The van der Waals surface area contributed by atoms with E-state index in [1.165, 1.54) is 5.56 Å². The molecule has 2 aromatic rings. The Morgan fingerprint density at radius 1 is 0.950 bits per heavy atom. The highest BCUT2D eigenvalue weighted by atomic mass is 16.1. The second-order valence-electron chi connectivity index (χ2n) is 5.15. The van der Waals surface area contributed by atoms with Gasteiger partial charge in [-0.15, -0.1) is 0 Å². The predicted octanol–water partition coefficient (Wildman–Crippen LogP) is 4.25. The number of Topliss-reactive ketones (excluding diaryl/α,β-unsaturated/α-hetero) is 1. The van der Waals surface area contributed by atoms with Gasteiger partial charge in [0.15, 0.2) is 5.78 Å². The van der Waals surface area contributed by atoms with E-state index in [9.17, 15) is 9.59 Å². The summed E-state index contributed by atoms with van der Waals surface area (Å²) in [5.41, 5.74) is 4.10. The van der Waals surface area contributed by atoms with Crippen molar-refractivity contribution in [2.24, 2.45) is 0 Å². The van der Waals surface area contributed by atoms with Gasteiger partial charge in [0.25, 0.3) is 0 Å². The normalized spacial score (nSPS) is 10.6. The monoisotopic (exact) mass is 266 g/mol. The maximum atomic E-state index is 11.6. The van der Waals surface area contributed by atoms with Crippen LogP contribution in [0.2, 0.25) is 0 Å². The van der Waals surface area contributed by atoms with Gasteiger partial charge in [0.05, 0.1) is 6.42 Å². The van der Waals surface area contributed by atoms with Crippen molar-refractivity contribution in [2.45, 2.75) is 26.2 Å². The first-order chi connectivity index (χ1) is 9.61. The van der Waals surface area contributed by atoms with Gasteiger partial charge in [0.2, 0.25) is 0 Å². The van der Waals surface area contributed by atoms with E-state index in [0.717, 1.165) is 11.1 Å². The Bertz CT molecular complexity index is 592. The summed E-state index contributed by atoms with van der Waals surface area (Å²) in [7, 11) is 0. The first-order valence-electron chi connectivity index (χ1n) is 6.79. The standard InChI is InChI=1S/C18H18O2/c1-13(2)14-3-5-15(6-4-14)16-7-9-17(10-8-16)18(20)11-12-19/h3-10,12-13H,11H2,1-2H3. The van der Waals surface area contributed by atoms with Crippen LogP contribution in [0.25, 0.3) is 11.1 Å². The average Bonchev–Trinajstić information content (AvgIpc) is 2.48. The van der Waals surface area contributed by atoms with Crippen molar-refractivity contribution in [2.75, 3.05) is 0 Å². The van der Waals surface area contributed by atoms with Crippen molar-refractivity contribution < 1.29 is 9.59 Å². The van der Waals surface area contributed by atoms with Crippen molar-refractivity contribution >= 4 is 12.1 Å². The number of hydrogen-bond acceptors (Lipinski definition) is 2. The average molecular weight is 266 g/mol. The fourth-order valence-electron chi connectivity index (χ4n) is 2.10. The number of carbonyl (C=O) groups is 2. The van der Waals surface area contributed by atoms with Crippen LogP contribution in [0.1, 0.15) is 42.1 Å². The van der Waals surface area contributed by atoms with Gasteiger partial charge in [0, 0.05) is 5.56 Å².